The normalized spacial score (nSPS) is 10.9. The lowest BCUT2D eigenvalue weighted by Crippen LogP contribution is -2.04. The number of hydrogen-bond donors (Lipinski definition) is 0. The van der Waals surface area contributed by atoms with Crippen molar-refractivity contribution in [1.29, 1.82) is 0 Å². The first-order chi connectivity index (χ1) is 12.8. The second-order valence-electron chi connectivity index (χ2n) is 5.29. The van der Waals surface area contributed by atoms with Crippen molar-refractivity contribution in [3.05, 3.63) is 64.7 Å². The quantitative estimate of drug-likeness (QED) is 0.472. The summed E-state index contributed by atoms with van der Waals surface area (Å²) in [5.74, 6) is -0.520. The van der Waals surface area contributed by atoms with Gasteiger partial charge in [0.1, 0.15) is 0 Å². The third-order valence-electron chi connectivity index (χ3n) is 3.67. The summed E-state index contributed by atoms with van der Waals surface area (Å²) < 4.78 is 43.4. The molecule has 0 saturated carbocycles. The number of fused-ring (bicyclic) bond motifs is 1. The Morgan fingerprint density at radius 2 is 1.78 bits per heavy atom. The molecule has 0 aliphatic heterocycles. The maximum Gasteiger partial charge on any atom is 0.416 e. The van der Waals surface area contributed by atoms with Crippen LogP contribution < -0.4 is 0 Å². The maximum absolute atomic E-state index is 12.9. The zero-order valence-electron chi connectivity index (χ0n) is 14.9. The average Bonchev–Trinajstić information content (AvgIpc) is 2.67. The number of esters is 1. The van der Waals surface area contributed by atoms with E-state index in [-0.39, 0.29) is 10.5 Å². The molecule has 1 heterocycles. The van der Waals surface area contributed by atoms with E-state index in [0.29, 0.717) is 22.2 Å². The van der Waals surface area contributed by atoms with Gasteiger partial charge in [-0.25, -0.2) is 9.78 Å². The van der Waals surface area contributed by atoms with Crippen LogP contribution >= 0.6 is 11.6 Å². The summed E-state index contributed by atoms with van der Waals surface area (Å²) in [6, 6.07) is 11.2. The number of rotatable bonds is 2. The number of aromatic nitrogens is 1. The molecule has 0 amide bonds. The van der Waals surface area contributed by atoms with Gasteiger partial charge in [0.15, 0.2) is 0 Å². The lowest BCUT2D eigenvalue weighted by molar-refractivity contribution is -0.137. The van der Waals surface area contributed by atoms with Crippen LogP contribution in [0.15, 0.2) is 48.5 Å². The molecule has 0 bridgehead atoms. The molecule has 0 saturated heterocycles. The summed E-state index contributed by atoms with van der Waals surface area (Å²) in [5.41, 5.74) is 0.540. The molecule has 3 aromatic rings. The van der Waals surface area contributed by atoms with Gasteiger partial charge in [-0.3, -0.25) is 0 Å². The summed E-state index contributed by atoms with van der Waals surface area (Å²) in [4.78, 5) is 15.9. The number of alkyl halides is 3. The fourth-order valence-corrected chi connectivity index (χ4v) is 2.70. The van der Waals surface area contributed by atoms with Crippen molar-refractivity contribution in [2.45, 2.75) is 20.0 Å². The van der Waals surface area contributed by atoms with Crippen LogP contribution in [-0.2, 0) is 10.9 Å². The Labute approximate surface area is 159 Å². The number of pyridine rings is 1. The lowest BCUT2D eigenvalue weighted by atomic mass is 10.1. The number of hydrogen-bond acceptors (Lipinski definition) is 3. The smallest absolute Gasteiger partial charge is 0.416 e. The highest BCUT2D eigenvalue weighted by molar-refractivity contribution is 6.35. The lowest BCUT2D eigenvalue weighted by Gasteiger charge is -2.10. The van der Waals surface area contributed by atoms with E-state index < -0.39 is 17.7 Å². The van der Waals surface area contributed by atoms with E-state index in [4.69, 9.17) is 11.6 Å². The summed E-state index contributed by atoms with van der Waals surface area (Å²) >= 11 is 6.20. The molecule has 1 aromatic heterocycles. The Bertz CT molecular complexity index is 971. The van der Waals surface area contributed by atoms with Gasteiger partial charge in [-0.1, -0.05) is 43.6 Å². The van der Waals surface area contributed by atoms with Crippen LogP contribution in [0.4, 0.5) is 13.2 Å². The van der Waals surface area contributed by atoms with Gasteiger partial charge < -0.3 is 4.74 Å². The standard InChI is InChI=1S/C18H11ClF3NO2.C2H6/c1-25-17(24)11-4-2-3-10(7-11)15-9-14(19)13-6-5-12(18(20,21)22)8-16(13)23-15;1-2/h2-9H,1H3;1-2H3. The average molecular weight is 396 g/mol. The predicted octanol–water partition coefficient (Wildman–Crippen LogP) is 6.39. The molecule has 0 radical (unpaired) electrons. The maximum atomic E-state index is 12.9. The van der Waals surface area contributed by atoms with Gasteiger partial charge in [-0.15, -0.1) is 0 Å². The first-order valence-electron chi connectivity index (χ1n) is 8.16. The Kier molecular flexibility index (Phi) is 6.44. The van der Waals surface area contributed by atoms with E-state index in [1.165, 1.54) is 13.2 Å². The van der Waals surface area contributed by atoms with Gasteiger partial charge >= 0.3 is 12.1 Å². The van der Waals surface area contributed by atoms with Crippen LogP contribution in [0.25, 0.3) is 22.2 Å². The van der Waals surface area contributed by atoms with Crippen molar-refractivity contribution in [2.75, 3.05) is 7.11 Å². The fraction of sp³-hybridized carbons (Fsp3) is 0.200. The van der Waals surface area contributed by atoms with E-state index in [9.17, 15) is 18.0 Å². The first kappa shape index (κ1) is 20.7. The summed E-state index contributed by atoms with van der Waals surface area (Å²) in [7, 11) is 1.26. The second kappa shape index (κ2) is 8.39. The van der Waals surface area contributed by atoms with Crippen molar-refractivity contribution < 1.29 is 22.7 Å². The number of nitrogens with zero attached hydrogens (tertiary/aromatic N) is 1. The molecule has 0 spiro atoms. The highest BCUT2D eigenvalue weighted by Crippen LogP contribution is 2.34. The first-order valence-corrected chi connectivity index (χ1v) is 8.53. The van der Waals surface area contributed by atoms with Crippen LogP contribution in [-0.4, -0.2) is 18.1 Å². The van der Waals surface area contributed by atoms with Crippen LogP contribution in [0.1, 0.15) is 29.8 Å². The molecule has 3 rings (SSSR count). The van der Waals surface area contributed by atoms with Crippen molar-refractivity contribution in [3.8, 4) is 11.3 Å². The molecule has 2 aromatic carbocycles. The number of halogens is 4. The number of carbonyl (C=O) groups is 1. The predicted molar refractivity (Wildman–Crippen MR) is 99.9 cm³/mol. The molecular weight excluding hydrogens is 379 g/mol. The van der Waals surface area contributed by atoms with E-state index in [1.54, 1.807) is 30.3 Å². The minimum Gasteiger partial charge on any atom is -0.465 e. The minimum atomic E-state index is -4.47. The molecule has 0 N–H and O–H groups in total. The minimum absolute atomic E-state index is 0.126. The molecule has 0 aliphatic rings. The van der Waals surface area contributed by atoms with Crippen LogP contribution in [0.3, 0.4) is 0 Å². The fourth-order valence-electron chi connectivity index (χ4n) is 2.43. The van der Waals surface area contributed by atoms with Crippen molar-refractivity contribution in [3.63, 3.8) is 0 Å². The Balaban J connectivity index is 0.00000126. The zero-order chi connectivity index (χ0) is 20.2. The van der Waals surface area contributed by atoms with Crippen LogP contribution in [0.2, 0.25) is 5.02 Å². The molecule has 3 nitrogen and oxygen atoms in total. The zero-order valence-corrected chi connectivity index (χ0v) is 15.7. The van der Waals surface area contributed by atoms with Gasteiger partial charge in [0.25, 0.3) is 0 Å². The van der Waals surface area contributed by atoms with E-state index in [1.807, 2.05) is 13.8 Å². The summed E-state index contributed by atoms with van der Waals surface area (Å²) in [6.07, 6.45) is -4.47. The van der Waals surface area contributed by atoms with Crippen molar-refractivity contribution in [1.82, 2.24) is 4.98 Å². The number of carbonyl (C=O) groups excluding carboxylic acids is 1. The van der Waals surface area contributed by atoms with E-state index in [2.05, 4.69) is 9.72 Å². The molecule has 0 unspecified atom stereocenters. The molecule has 27 heavy (non-hydrogen) atoms. The number of ether oxygens (including phenoxy) is 1. The van der Waals surface area contributed by atoms with Gasteiger partial charge in [-0.2, -0.15) is 13.2 Å². The molecule has 142 valence electrons. The van der Waals surface area contributed by atoms with Gasteiger partial charge in [0.05, 0.1) is 34.5 Å². The van der Waals surface area contributed by atoms with Gasteiger partial charge in [0, 0.05) is 10.9 Å². The Morgan fingerprint density at radius 1 is 1.07 bits per heavy atom. The van der Waals surface area contributed by atoms with Crippen LogP contribution in [0, 0.1) is 0 Å². The highest BCUT2D eigenvalue weighted by Gasteiger charge is 2.30. The largest absolute Gasteiger partial charge is 0.465 e. The molecule has 0 atom stereocenters. The second-order valence-corrected chi connectivity index (χ2v) is 5.70. The summed E-state index contributed by atoms with van der Waals surface area (Å²) in [5, 5.41) is 0.694. The summed E-state index contributed by atoms with van der Waals surface area (Å²) in [6.45, 7) is 4.00. The topological polar surface area (TPSA) is 39.2 Å². The molecular formula is C20H17ClF3NO2. The molecule has 0 aliphatic carbocycles. The number of methoxy groups -OCH3 is 1. The van der Waals surface area contributed by atoms with Crippen molar-refractivity contribution >= 4 is 28.5 Å². The van der Waals surface area contributed by atoms with E-state index in [0.717, 1.165) is 12.1 Å². The van der Waals surface area contributed by atoms with Gasteiger partial charge in [0.2, 0.25) is 0 Å². The molecule has 7 heteroatoms. The van der Waals surface area contributed by atoms with Gasteiger partial charge in [-0.05, 0) is 30.3 Å². The van der Waals surface area contributed by atoms with E-state index >= 15 is 0 Å². The van der Waals surface area contributed by atoms with Crippen LogP contribution in [0.5, 0.6) is 0 Å². The third-order valence-corrected chi connectivity index (χ3v) is 3.98. The SMILES string of the molecule is CC.COC(=O)c1cccc(-c2cc(Cl)c3ccc(C(F)(F)F)cc3n2)c1. The highest BCUT2D eigenvalue weighted by atomic mass is 35.5. The van der Waals surface area contributed by atoms with Crippen molar-refractivity contribution in [2.24, 2.45) is 0 Å². The number of benzene rings is 2. The Morgan fingerprint density at radius 3 is 2.41 bits per heavy atom. The Hall–Kier alpha value is -2.60. The monoisotopic (exact) mass is 395 g/mol. The third kappa shape index (κ3) is 4.57. The molecule has 0 fully saturated rings.